The summed E-state index contributed by atoms with van der Waals surface area (Å²) in [5, 5.41) is 13.9. The molecule has 2 rings (SSSR count). The summed E-state index contributed by atoms with van der Waals surface area (Å²) >= 11 is 5.16. The van der Waals surface area contributed by atoms with E-state index in [2.05, 4.69) is 21.2 Å². The largest absolute Gasteiger partial charge is 0.349 e. The molecular formula is C12H7BrFIN2O2. The molecule has 0 heterocycles. The van der Waals surface area contributed by atoms with Gasteiger partial charge in [-0.2, -0.15) is 0 Å². The molecule has 7 heteroatoms. The van der Waals surface area contributed by atoms with Crippen molar-refractivity contribution in [3.05, 3.63) is 60.4 Å². The number of halogens is 3. The van der Waals surface area contributed by atoms with E-state index in [4.69, 9.17) is 0 Å². The molecule has 0 spiro atoms. The van der Waals surface area contributed by atoms with Crippen molar-refractivity contribution in [2.75, 3.05) is 5.32 Å². The van der Waals surface area contributed by atoms with Crippen molar-refractivity contribution in [3.63, 3.8) is 0 Å². The molecule has 2 aromatic carbocycles. The Kier molecular flexibility index (Phi) is 4.35. The van der Waals surface area contributed by atoms with Crippen LogP contribution < -0.4 is 5.32 Å². The maximum atomic E-state index is 13.0. The third-order valence-corrected chi connectivity index (χ3v) is 3.74. The highest BCUT2D eigenvalue weighted by Crippen LogP contribution is 2.32. The van der Waals surface area contributed by atoms with Crippen LogP contribution in [-0.4, -0.2) is 4.92 Å². The highest BCUT2D eigenvalue weighted by molar-refractivity contribution is 14.1. The third kappa shape index (κ3) is 3.41. The second-order valence-corrected chi connectivity index (χ2v) is 5.75. The molecule has 0 fully saturated rings. The average molecular weight is 437 g/mol. The van der Waals surface area contributed by atoms with Crippen molar-refractivity contribution < 1.29 is 9.31 Å². The molecule has 0 unspecified atom stereocenters. The van der Waals surface area contributed by atoms with Gasteiger partial charge in [0.2, 0.25) is 0 Å². The summed E-state index contributed by atoms with van der Waals surface area (Å²) in [6, 6.07) is 8.91. The van der Waals surface area contributed by atoms with E-state index in [1.54, 1.807) is 18.2 Å². The molecule has 0 saturated carbocycles. The first-order chi connectivity index (χ1) is 8.97. The number of nitro groups is 1. The lowest BCUT2D eigenvalue weighted by molar-refractivity contribution is -0.384. The van der Waals surface area contributed by atoms with Crippen molar-refractivity contribution >= 4 is 55.6 Å². The van der Waals surface area contributed by atoms with E-state index in [9.17, 15) is 14.5 Å². The van der Waals surface area contributed by atoms with E-state index in [0.29, 0.717) is 19.4 Å². The van der Waals surface area contributed by atoms with Crippen LogP contribution in [0.3, 0.4) is 0 Å². The number of rotatable bonds is 3. The van der Waals surface area contributed by atoms with Crippen molar-refractivity contribution in [2.24, 2.45) is 0 Å². The Morgan fingerprint density at radius 3 is 2.53 bits per heavy atom. The number of benzene rings is 2. The zero-order chi connectivity index (χ0) is 14.0. The minimum atomic E-state index is -0.469. The summed E-state index contributed by atoms with van der Waals surface area (Å²) < 4.78 is 14.3. The number of nitro benzene ring substituents is 1. The molecule has 0 aliphatic rings. The minimum Gasteiger partial charge on any atom is -0.349 e. The van der Waals surface area contributed by atoms with E-state index < -0.39 is 4.92 Å². The first-order valence-electron chi connectivity index (χ1n) is 5.13. The van der Waals surface area contributed by atoms with Gasteiger partial charge in [0.05, 0.1) is 10.6 Å². The highest BCUT2D eigenvalue weighted by Gasteiger charge is 2.15. The predicted molar refractivity (Wildman–Crippen MR) is 83.2 cm³/mol. The molecular weight excluding hydrogens is 430 g/mol. The Labute approximate surface area is 130 Å². The van der Waals surface area contributed by atoms with E-state index in [0.717, 1.165) is 0 Å². The molecule has 0 saturated heterocycles. The lowest BCUT2D eigenvalue weighted by Gasteiger charge is -2.09. The molecule has 19 heavy (non-hydrogen) atoms. The lowest BCUT2D eigenvalue weighted by Crippen LogP contribution is -1.98. The first-order valence-corrected chi connectivity index (χ1v) is 7.00. The Morgan fingerprint density at radius 1 is 1.21 bits per heavy atom. The molecule has 0 atom stereocenters. The van der Waals surface area contributed by atoms with Crippen LogP contribution in [0.15, 0.2) is 40.9 Å². The van der Waals surface area contributed by atoms with Gasteiger partial charge in [-0.05, 0) is 52.9 Å². The maximum absolute atomic E-state index is 13.0. The van der Waals surface area contributed by atoms with Crippen molar-refractivity contribution in [1.82, 2.24) is 0 Å². The maximum Gasteiger partial charge on any atom is 0.293 e. The predicted octanol–water partition coefficient (Wildman–Crippen LogP) is 4.84. The molecule has 1 N–H and O–H groups in total. The number of hydrogen-bond acceptors (Lipinski definition) is 3. The first kappa shape index (κ1) is 14.2. The van der Waals surface area contributed by atoms with Crippen molar-refractivity contribution in [2.45, 2.75) is 0 Å². The van der Waals surface area contributed by atoms with Gasteiger partial charge in [-0.15, -0.1) is 0 Å². The molecule has 4 nitrogen and oxygen atoms in total. The van der Waals surface area contributed by atoms with Crippen LogP contribution in [0.5, 0.6) is 0 Å². The van der Waals surface area contributed by atoms with Gasteiger partial charge in [0, 0.05) is 14.1 Å². The molecule has 0 bridgehead atoms. The Morgan fingerprint density at radius 2 is 1.89 bits per heavy atom. The number of hydrogen-bond donors (Lipinski definition) is 1. The van der Waals surface area contributed by atoms with Gasteiger partial charge in [0.25, 0.3) is 5.69 Å². The molecule has 0 radical (unpaired) electrons. The van der Waals surface area contributed by atoms with E-state index in [1.807, 2.05) is 22.6 Å². The average Bonchev–Trinajstić information content (AvgIpc) is 2.34. The van der Waals surface area contributed by atoms with E-state index in [1.165, 1.54) is 18.2 Å². The fourth-order valence-electron chi connectivity index (χ4n) is 1.50. The normalized spacial score (nSPS) is 10.3. The fourth-order valence-corrected chi connectivity index (χ4v) is 2.46. The van der Waals surface area contributed by atoms with Crippen molar-refractivity contribution in [3.8, 4) is 0 Å². The quantitative estimate of drug-likeness (QED) is 0.425. The zero-order valence-electron chi connectivity index (χ0n) is 9.36. The molecule has 0 aromatic heterocycles. The summed E-state index contributed by atoms with van der Waals surface area (Å²) in [7, 11) is 0. The van der Waals surface area contributed by atoms with E-state index >= 15 is 0 Å². The Bertz CT molecular complexity index is 652. The van der Waals surface area contributed by atoms with Crippen LogP contribution in [-0.2, 0) is 0 Å². The van der Waals surface area contributed by atoms with Crippen LogP contribution >= 0.6 is 38.5 Å². The fraction of sp³-hybridized carbons (Fsp3) is 0. The number of anilines is 2. The van der Waals surface area contributed by atoms with Crippen LogP contribution in [0, 0.1) is 19.5 Å². The number of nitrogens with one attached hydrogen (secondary N) is 1. The standard InChI is InChI=1S/C12H7BrFIN2O2/c13-7-1-3-11(12(5-7)17(18)19)16-10-4-2-8(14)6-9(10)15/h1-6,16H. The zero-order valence-corrected chi connectivity index (χ0v) is 13.1. The highest BCUT2D eigenvalue weighted by atomic mass is 127. The van der Waals surface area contributed by atoms with Gasteiger partial charge in [-0.25, -0.2) is 4.39 Å². The summed E-state index contributed by atoms with van der Waals surface area (Å²) in [5.41, 5.74) is 0.930. The van der Waals surface area contributed by atoms with Gasteiger partial charge in [0.1, 0.15) is 11.5 Å². The smallest absolute Gasteiger partial charge is 0.293 e. The Hall–Kier alpha value is -1.22. The molecule has 0 aliphatic heterocycles. The molecule has 0 aliphatic carbocycles. The summed E-state index contributed by atoms with van der Waals surface area (Å²) in [5.74, 6) is -0.347. The lowest BCUT2D eigenvalue weighted by atomic mass is 10.2. The summed E-state index contributed by atoms with van der Waals surface area (Å²) in [6.07, 6.45) is 0. The van der Waals surface area contributed by atoms with Crippen LogP contribution in [0.2, 0.25) is 0 Å². The third-order valence-electron chi connectivity index (χ3n) is 2.36. The molecule has 0 amide bonds. The topological polar surface area (TPSA) is 55.2 Å². The number of nitrogens with zero attached hydrogens (tertiary/aromatic N) is 1. The van der Waals surface area contributed by atoms with Crippen LogP contribution in [0.1, 0.15) is 0 Å². The van der Waals surface area contributed by atoms with Crippen LogP contribution in [0.25, 0.3) is 0 Å². The van der Waals surface area contributed by atoms with Crippen LogP contribution in [0.4, 0.5) is 21.5 Å². The second-order valence-electron chi connectivity index (χ2n) is 3.67. The molecule has 2 aromatic rings. The summed E-state index contributed by atoms with van der Waals surface area (Å²) in [6.45, 7) is 0. The second kappa shape index (κ2) is 5.83. The monoisotopic (exact) mass is 436 g/mol. The van der Waals surface area contributed by atoms with Gasteiger partial charge >= 0.3 is 0 Å². The van der Waals surface area contributed by atoms with Gasteiger partial charge in [-0.1, -0.05) is 15.9 Å². The Balaban J connectivity index is 2.40. The van der Waals surface area contributed by atoms with E-state index in [-0.39, 0.29) is 11.5 Å². The molecule has 98 valence electrons. The minimum absolute atomic E-state index is 0.0468. The SMILES string of the molecule is O=[N+]([O-])c1cc(Br)ccc1Nc1ccc(F)cc1I. The van der Waals surface area contributed by atoms with Gasteiger partial charge < -0.3 is 5.32 Å². The van der Waals surface area contributed by atoms with Crippen molar-refractivity contribution in [1.29, 1.82) is 0 Å². The summed E-state index contributed by atoms with van der Waals surface area (Å²) in [4.78, 5) is 10.5. The van der Waals surface area contributed by atoms with Gasteiger partial charge in [-0.3, -0.25) is 10.1 Å². The van der Waals surface area contributed by atoms with Gasteiger partial charge in [0.15, 0.2) is 0 Å².